The van der Waals surface area contributed by atoms with E-state index >= 15 is 0 Å². The second-order valence-electron chi connectivity index (χ2n) is 6.28. The molecule has 0 saturated heterocycles. The summed E-state index contributed by atoms with van der Waals surface area (Å²) in [5, 5.41) is 0.826. The molecule has 1 heterocycles. The summed E-state index contributed by atoms with van der Waals surface area (Å²) in [7, 11) is 0. The van der Waals surface area contributed by atoms with Crippen molar-refractivity contribution in [1.82, 2.24) is 4.98 Å². The second kappa shape index (κ2) is 8.95. The minimum Gasteiger partial charge on any atom is -0.462 e. The SMILES string of the molecule is CCCCCCOC(=O)c1cc(-c2ccc(Br)cc2)nc2ccccc12. The Labute approximate surface area is 162 Å². The zero-order chi connectivity index (χ0) is 18.4. The largest absolute Gasteiger partial charge is 0.462 e. The Kier molecular flexibility index (Phi) is 6.40. The zero-order valence-corrected chi connectivity index (χ0v) is 16.5. The van der Waals surface area contributed by atoms with Crippen molar-refractivity contribution in [2.24, 2.45) is 0 Å². The molecule has 0 aliphatic heterocycles. The van der Waals surface area contributed by atoms with E-state index in [0.717, 1.165) is 39.5 Å². The van der Waals surface area contributed by atoms with Crippen LogP contribution in [0.5, 0.6) is 0 Å². The van der Waals surface area contributed by atoms with Gasteiger partial charge in [0.1, 0.15) is 0 Å². The lowest BCUT2D eigenvalue weighted by molar-refractivity contribution is 0.0500. The molecule has 3 rings (SSSR count). The molecule has 4 heteroatoms. The number of halogens is 1. The third-order valence-corrected chi connectivity index (χ3v) is 4.84. The van der Waals surface area contributed by atoms with E-state index in [0.29, 0.717) is 12.2 Å². The number of hydrogen-bond acceptors (Lipinski definition) is 3. The molecular weight excluding hydrogens is 390 g/mol. The van der Waals surface area contributed by atoms with E-state index in [9.17, 15) is 4.79 Å². The first-order chi connectivity index (χ1) is 12.7. The van der Waals surface area contributed by atoms with Crippen molar-refractivity contribution >= 4 is 32.8 Å². The molecule has 0 aliphatic carbocycles. The van der Waals surface area contributed by atoms with Crippen molar-refractivity contribution in [2.75, 3.05) is 6.61 Å². The molecule has 26 heavy (non-hydrogen) atoms. The molecule has 0 spiro atoms. The Bertz CT molecular complexity index is 890. The van der Waals surface area contributed by atoms with Crippen LogP contribution < -0.4 is 0 Å². The minimum absolute atomic E-state index is 0.279. The molecule has 0 atom stereocenters. The maximum Gasteiger partial charge on any atom is 0.338 e. The highest BCUT2D eigenvalue weighted by molar-refractivity contribution is 9.10. The molecule has 3 nitrogen and oxygen atoms in total. The lowest BCUT2D eigenvalue weighted by Crippen LogP contribution is -2.08. The van der Waals surface area contributed by atoms with Gasteiger partial charge in [0.25, 0.3) is 0 Å². The number of para-hydroxylation sites is 1. The van der Waals surface area contributed by atoms with Crippen LogP contribution >= 0.6 is 15.9 Å². The first kappa shape index (κ1) is 18.6. The highest BCUT2D eigenvalue weighted by Gasteiger charge is 2.15. The van der Waals surface area contributed by atoms with E-state index in [1.165, 1.54) is 12.8 Å². The van der Waals surface area contributed by atoms with Gasteiger partial charge in [0.2, 0.25) is 0 Å². The number of fused-ring (bicyclic) bond motifs is 1. The lowest BCUT2D eigenvalue weighted by Gasteiger charge is -2.10. The number of hydrogen-bond donors (Lipinski definition) is 0. The zero-order valence-electron chi connectivity index (χ0n) is 14.9. The highest BCUT2D eigenvalue weighted by Crippen LogP contribution is 2.26. The summed E-state index contributed by atoms with van der Waals surface area (Å²) in [6, 6.07) is 17.4. The van der Waals surface area contributed by atoms with Crippen LogP contribution in [-0.2, 0) is 4.74 Å². The number of unbranched alkanes of at least 4 members (excludes halogenated alkanes) is 3. The van der Waals surface area contributed by atoms with Gasteiger partial charge >= 0.3 is 5.97 Å². The van der Waals surface area contributed by atoms with Crippen LogP contribution in [0.2, 0.25) is 0 Å². The standard InChI is InChI=1S/C22H22BrNO2/c1-2-3-4-7-14-26-22(25)19-15-21(16-10-12-17(23)13-11-16)24-20-9-6-5-8-18(19)20/h5-6,8-13,15H,2-4,7,14H2,1H3. The molecule has 0 bridgehead atoms. The molecule has 134 valence electrons. The normalized spacial score (nSPS) is 10.8. The van der Waals surface area contributed by atoms with E-state index in [1.54, 1.807) is 0 Å². The summed E-state index contributed by atoms with van der Waals surface area (Å²) in [6.07, 6.45) is 4.33. The summed E-state index contributed by atoms with van der Waals surface area (Å²) in [5.74, 6) is -0.279. The van der Waals surface area contributed by atoms with Gasteiger partial charge in [-0.05, 0) is 30.7 Å². The fraction of sp³-hybridized carbons (Fsp3) is 0.273. The highest BCUT2D eigenvalue weighted by atomic mass is 79.9. The quantitative estimate of drug-likeness (QED) is 0.333. The number of rotatable bonds is 7. The van der Waals surface area contributed by atoms with Gasteiger partial charge in [0, 0.05) is 15.4 Å². The lowest BCUT2D eigenvalue weighted by atomic mass is 10.0. The van der Waals surface area contributed by atoms with E-state index in [4.69, 9.17) is 9.72 Å². The van der Waals surface area contributed by atoms with Crippen LogP contribution in [0, 0.1) is 0 Å². The molecule has 1 aromatic heterocycles. The maximum absolute atomic E-state index is 12.7. The average Bonchev–Trinajstić information content (AvgIpc) is 2.67. The Balaban J connectivity index is 1.90. The number of ether oxygens (including phenoxy) is 1. The maximum atomic E-state index is 12.7. The fourth-order valence-corrected chi connectivity index (χ4v) is 3.15. The van der Waals surface area contributed by atoms with Crippen molar-refractivity contribution in [3.8, 4) is 11.3 Å². The number of pyridine rings is 1. The van der Waals surface area contributed by atoms with Crippen LogP contribution in [0.3, 0.4) is 0 Å². The smallest absolute Gasteiger partial charge is 0.338 e. The van der Waals surface area contributed by atoms with Crippen LogP contribution in [0.15, 0.2) is 59.1 Å². The van der Waals surface area contributed by atoms with Gasteiger partial charge in [0.15, 0.2) is 0 Å². The van der Waals surface area contributed by atoms with Gasteiger partial charge < -0.3 is 4.74 Å². The number of nitrogens with zero attached hydrogens (tertiary/aromatic N) is 1. The van der Waals surface area contributed by atoms with E-state index in [1.807, 2.05) is 54.6 Å². The summed E-state index contributed by atoms with van der Waals surface area (Å²) in [6.45, 7) is 2.63. The first-order valence-corrected chi connectivity index (χ1v) is 9.81. The Morgan fingerprint density at radius 2 is 1.81 bits per heavy atom. The Morgan fingerprint density at radius 3 is 2.58 bits per heavy atom. The molecule has 0 aliphatic rings. The summed E-state index contributed by atoms with van der Waals surface area (Å²) < 4.78 is 6.53. The monoisotopic (exact) mass is 411 g/mol. The summed E-state index contributed by atoms with van der Waals surface area (Å²) in [4.78, 5) is 17.4. The molecule has 0 unspecified atom stereocenters. The van der Waals surface area contributed by atoms with Gasteiger partial charge in [-0.1, -0.05) is 72.4 Å². The van der Waals surface area contributed by atoms with Crippen molar-refractivity contribution in [1.29, 1.82) is 0 Å². The number of esters is 1. The average molecular weight is 412 g/mol. The predicted molar refractivity (Wildman–Crippen MR) is 109 cm³/mol. The molecule has 0 saturated carbocycles. The van der Waals surface area contributed by atoms with Gasteiger partial charge in [-0.2, -0.15) is 0 Å². The number of benzene rings is 2. The van der Waals surface area contributed by atoms with Gasteiger partial charge in [-0.25, -0.2) is 9.78 Å². The van der Waals surface area contributed by atoms with Crippen LogP contribution in [0.4, 0.5) is 0 Å². The third-order valence-electron chi connectivity index (χ3n) is 4.31. The van der Waals surface area contributed by atoms with Gasteiger partial charge in [-0.3, -0.25) is 0 Å². The number of aromatic nitrogens is 1. The van der Waals surface area contributed by atoms with Gasteiger partial charge in [-0.15, -0.1) is 0 Å². The summed E-state index contributed by atoms with van der Waals surface area (Å²) in [5.41, 5.74) is 3.11. The molecule has 0 fully saturated rings. The fourth-order valence-electron chi connectivity index (χ4n) is 2.88. The molecular formula is C22H22BrNO2. The molecule has 0 N–H and O–H groups in total. The molecule has 3 aromatic rings. The van der Waals surface area contributed by atoms with Crippen molar-refractivity contribution in [3.63, 3.8) is 0 Å². The number of carbonyl (C=O) groups is 1. The minimum atomic E-state index is -0.279. The van der Waals surface area contributed by atoms with E-state index in [2.05, 4.69) is 22.9 Å². The molecule has 0 radical (unpaired) electrons. The summed E-state index contributed by atoms with van der Waals surface area (Å²) >= 11 is 3.45. The third kappa shape index (κ3) is 4.50. The second-order valence-corrected chi connectivity index (χ2v) is 7.19. The predicted octanol–water partition coefficient (Wildman–Crippen LogP) is 6.40. The van der Waals surface area contributed by atoms with Crippen molar-refractivity contribution < 1.29 is 9.53 Å². The Hall–Kier alpha value is -2.20. The van der Waals surface area contributed by atoms with E-state index < -0.39 is 0 Å². The van der Waals surface area contributed by atoms with Crippen LogP contribution in [-0.4, -0.2) is 17.6 Å². The topological polar surface area (TPSA) is 39.2 Å². The van der Waals surface area contributed by atoms with Crippen molar-refractivity contribution in [3.05, 3.63) is 64.6 Å². The van der Waals surface area contributed by atoms with Crippen LogP contribution in [0.1, 0.15) is 43.0 Å². The van der Waals surface area contributed by atoms with Crippen LogP contribution in [0.25, 0.3) is 22.2 Å². The number of carbonyl (C=O) groups excluding carboxylic acids is 1. The van der Waals surface area contributed by atoms with Crippen molar-refractivity contribution in [2.45, 2.75) is 32.6 Å². The molecule has 0 amide bonds. The van der Waals surface area contributed by atoms with E-state index in [-0.39, 0.29) is 5.97 Å². The Morgan fingerprint density at radius 1 is 1.04 bits per heavy atom. The first-order valence-electron chi connectivity index (χ1n) is 9.02. The van der Waals surface area contributed by atoms with Gasteiger partial charge in [0.05, 0.1) is 23.4 Å². The molecule has 2 aromatic carbocycles.